The summed E-state index contributed by atoms with van der Waals surface area (Å²) in [6.45, 7) is 10.7. The summed E-state index contributed by atoms with van der Waals surface area (Å²) in [7, 11) is 0. The first-order chi connectivity index (χ1) is 16.0. The quantitative estimate of drug-likeness (QED) is 0.304. The predicted octanol–water partition coefficient (Wildman–Crippen LogP) is 8.22. The van der Waals surface area contributed by atoms with E-state index in [-0.39, 0.29) is 15.8 Å². The maximum Gasteiger partial charge on any atom is 0.416 e. The number of esters is 1. The van der Waals surface area contributed by atoms with Crippen LogP contribution < -0.4 is 4.74 Å². The first-order valence-electron chi connectivity index (χ1n) is 11.2. The summed E-state index contributed by atoms with van der Waals surface area (Å²) in [5.41, 5.74) is -1.33. The average molecular weight is 535 g/mol. The Bertz CT molecular complexity index is 1010. The lowest BCUT2D eigenvalue weighted by atomic mass is 9.99. The van der Waals surface area contributed by atoms with Crippen molar-refractivity contribution in [2.75, 3.05) is 6.61 Å². The second kappa shape index (κ2) is 11.4. The van der Waals surface area contributed by atoms with Crippen LogP contribution in [-0.2, 0) is 26.9 Å². The molecule has 1 atom stereocenters. The van der Waals surface area contributed by atoms with Gasteiger partial charge >= 0.3 is 12.1 Å². The van der Waals surface area contributed by atoms with Gasteiger partial charge in [-0.3, -0.25) is 0 Å². The molecule has 1 unspecified atom stereocenters. The summed E-state index contributed by atoms with van der Waals surface area (Å²) in [4.78, 5) is 12.5. The van der Waals surface area contributed by atoms with Gasteiger partial charge in [0.1, 0.15) is 16.4 Å². The molecule has 2 rings (SSSR count). The number of ether oxygens (including phenoxy) is 3. The summed E-state index contributed by atoms with van der Waals surface area (Å²) < 4.78 is 55.7. The van der Waals surface area contributed by atoms with Crippen molar-refractivity contribution in [2.45, 2.75) is 77.9 Å². The van der Waals surface area contributed by atoms with Crippen LogP contribution in [0.15, 0.2) is 36.4 Å². The summed E-state index contributed by atoms with van der Waals surface area (Å²) in [5.74, 6) is -0.308. The Labute approximate surface area is 214 Å². The van der Waals surface area contributed by atoms with E-state index in [9.17, 15) is 18.0 Å². The minimum Gasteiger partial charge on any atom is -0.475 e. The number of aryl methyl sites for hydroxylation is 1. The number of hydrogen-bond acceptors (Lipinski definition) is 4. The van der Waals surface area contributed by atoms with E-state index < -0.39 is 35.0 Å². The predicted molar refractivity (Wildman–Crippen MR) is 131 cm³/mol. The second-order valence-corrected chi connectivity index (χ2v) is 10.3. The van der Waals surface area contributed by atoms with Crippen LogP contribution in [0.4, 0.5) is 13.2 Å². The Hall–Kier alpha value is -1.96. The first-order valence-corrected chi connectivity index (χ1v) is 12.0. The molecule has 0 aliphatic heterocycles. The third-order valence-electron chi connectivity index (χ3n) is 5.04. The van der Waals surface area contributed by atoms with Gasteiger partial charge in [-0.05, 0) is 83.7 Å². The molecule has 0 aromatic heterocycles. The zero-order valence-electron chi connectivity index (χ0n) is 20.7. The molecule has 194 valence electrons. The van der Waals surface area contributed by atoms with Crippen LogP contribution in [0.3, 0.4) is 0 Å². The van der Waals surface area contributed by atoms with Crippen molar-refractivity contribution in [2.24, 2.45) is 0 Å². The highest BCUT2D eigenvalue weighted by molar-refractivity contribution is 6.43. The molecule has 0 amide bonds. The van der Waals surface area contributed by atoms with E-state index in [1.165, 1.54) is 12.1 Å². The van der Waals surface area contributed by atoms with E-state index in [4.69, 9.17) is 37.4 Å². The van der Waals surface area contributed by atoms with E-state index in [0.29, 0.717) is 25.0 Å². The van der Waals surface area contributed by atoms with Crippen LogP contribution in [0.1, 0.15) is 70.8 Å². The van der Waals surface area contributed by atoms with Crippen molar-refractivity contribution in [3.8, 4) is 5.75 Å². The van der Waals surface area contributed by atoms with Gasteiger partial charge in [0.15, 0.2) is 5.60 Å². The molecule has 4 nitrogen and oxygen atoms in total. The fourth-order valence-electron chi connectivity index (χ4n) is 3.28. The Morgan fingerprint density at radius 3 is 2.06 bits per heavy atom. The fraction of sp³-hybridized carbons (Fsp3) is 0.500. The van der Waals surface area contributed by atoms with Crippen molar-refractivity contribution in [1.82, 2.24) is 0 Å². The average Bonchev–Trinajstić information content (AvgIpc) is 2.74. The number of benzene rings is 2. The number of carbonyl (C=O) groups excluding carboxylic acids is 1. The maximum absolute atomic E-state index is 12.9. The summed E-state index contributed by atoms with van der Waals surface area (Å²) in [6, 6.07) is 8.31. The van der Waals surface area contributed by atoms with Crippen LogP contribution in [0, 0.1) is 0 Å². The monoisotopic (exact) mass is 534 g/mol. The van der Waals surface area contributed by atoms with E-state index >= 15 is 0 Å². The van der Waals surface area contributed by atoms with E-state index in [0.717, 1.165) is 17.7 Å². The Morgan fingerprint density at radius 1 is 0.943 bits per heavy atom. The van der Waals surface area contributed by atoms with Crippen molar-refractivity contribution >= 4 is 29.2 Å². The lowest BCUT2D eigenvalue weighted by molar-refractivity contribution is -0.170. The standard InChI is InChI=1S/C26H31Cl2F3O4/c1-7-33-19(16-8-12-18(13-9-16)26(29,30)31)14-10-17-11-15-20(22(28)21(17)27)34-25(5,6)23(32)35-24(2,3)4/h8-9,11-13,15,19H,7,10,14H2,1-6H3. The maximum atomic E-state index is 12.9. The van der Waals surface area contributed by atoms with Crippen molar-refractivity contribution in [1.29, 1.82) is 0 Å². The molecule has 0 fully saturated rings. The minimum atomic E-state index is -4.40. The lowest BCUT2D eigenvalue weighted by Crippen LogP contribution is -2.43. The van der Waals surface area contributed by atoms with Gasteiger partial charge in [-0.1, -0.05) is 41.4 Å². The van der Waals surface area contributed by atoms with Crippen molar-refractivity contribution in [3.05, 3.63) is 63.1 Å². The molecule has 0 heterocycles. The smallest absolute Gasteiger partial charge is 0.416 e. The van der Waals surface area contributed by atoms with E-state index in [1.54, 1.807) is 46.8 Å². The van der Waals surface area contributed by atoms with Gasteiger partial charge in [-0.15, -0.1) is 0 Å². The molecule has 35 heavy (non-hydrogen) atoms. The summed E-state index contributed by atoms with van der Waals surface area (Å²) in [5, 5.41) is 0.426. The molecule has 0 saturated heterocycles. The second-order valence-electron chi connectivity index (χ2n) is 9.57. The number of halogens is 5. The Kier molecular flexibility index (Phi) is 9.53. The van der Waals surface area contributed by atoms with Gasteiger partial charge in [0.2, 0.25) is 0 Å². The highest BCUT2D eigenvalue weighted by Crippen LogP contribution is 2.38. The molecule has 0 bridgehead atoms. The van der Waals surface area contributed by atoms with Crippen molar-refractivity contribution in [3.63, 3.8) is 0 Å². The Balaban J connectivity index is 2.16. The molecule has 0 saturated carbocycles. The highest BCUT2D eigenvalue weighted by Gasteiger charge is 2.35. The van der Waals surface area contributed by atoms with Gasteiger partial charge in [0.05, 0.1) is 16.7 Å². The number of carbonyl (C=O) groups is 1. The van der Waals surface area contributed by atoms with E-state index in [1.807, 2.05) is 6.92 Å². The minimum absolute atomic E-state index is 0.156. The number of alkyl halides is 3. The third kappa shape index (κ3) is 8.29. The summed E-state index contributed by atoms with van der Waals surface area (Å²) >= 11 is 12.9. The topological polar surface area (TPSA) is 44.8 Å². The normalized spacial score (nSPS) is 13.5. The molecular weight excluding hydrogens is 504 g/mol. The third-order valence-corrected chi connectivity index (χ3v) is 5.94. The van der Waals surface area contributed by atoms with Crippen LogP contribution in [0.2, 0.25) is 10.0 Å². The lowest BCUT2D eigenvalue weighted by Gasteiger charge is -2.29. The zero-order chi connectivity index (χ0) is 26.6. The summed E-state index contributed by atoms with van der Waals surface area (Å²) in [6.07, 6.45) is -3.89. The largest absolute Gasteiger partial charge is 0.475 e. The molecule has 0 spiro atoms. The molecule has 0 aliphatic rings. The van der Waals surface area contributed by atoms with Crippen LogP contribution in [0.25, 0.3) is 0 Å². The molecule has 9 heteroatoms. The number of rotatable bonds is 9. The van der Waals surface area contributed by atoms with Gasteiger partial charge < -0.3 is 14.2 Å². The van der Waals surface area contributed by atoms with Crippen LogP contribution >= 0.6 is 23.2 Å². The fourth-order valence-corrected chi connectivity index (χ4v) is 3.76. The molecule has 0 N–H and O–H groups in total. The molecule has 0 aliphatic carbocycles. The first kappa shape index (κ1) is 29.3. The van der Waals surface area contributed by atoms with Crippen LogP contribution in [-0.4, -0.2) is 23.8 Å². The van der Waals surface area contributed by atoms with E-state index in [2.05, 4.69) is 0 Å². The molecular formula is C26H31Cl2F3O4. The van der Waals surface area contributed by atoms with Gasteiger partial charge in [0.25, 0.3) is 0 Å². The van der Waals surface area contributed by atoms with Crippen molar-refractivity contribution < 1.29 is 32.2 Å². The molecule has 2 aromatic rings. The molecule has 0 radical (unpaired) electrons. The number of hydrogen-bond donors (Lipinski definition) is 0. The van der Waals surface area contributed by atoms with Gasteiger partial charge in [-0.2, -0.15) is 13.2 Å². The molecule has 2 aromatic carbocycles. The van der Waals surface area contributed by atoms with Gasteiger partial charge in [0, 0.05) is 6.61 Å². The van der Waals surface area contributed by atoms with Crippen LogP contribution in [0.5, 0.6) is 5.75 Å². The van der Waals surface area contributed by atoms with Gasteiger partial charge in [-0.25, -0.2) is 4.79 Å². The Morgan fingerprint density at radius 2 is 1.54 bits per heavy atom. The zero-order valence-corrected chi connectivity index (χ0v) is 22.2. The highest BCUT2D eigenvalue weighted by atomic mass is 35.5. The SMILES string of the molecule is CCOC(CCc1ccc(OC(C)(C)C(=O)OC(C)(C)C)c(Cl)c1Cl)c1ccc(C(F)(F)F)cc1.